The van der Waals surface area contributed by atoms with E-state index in [1.807, 2.05) is 18.2 Å². The molecule has 0 fully saturated rings. The zero-order chi connectivity index (χ0) is 11.4. The second-order valence-electron chi connectivity index (χ2n) is 3.03. The van der Waals surface area contributed by atoms with Gasteiger partial charge in [-0.25, -0.2) is 0 Å². The summed E-state index contributed by atoms with van der Waals surface area (Å²) >= 11 is 13.0. The molecule has 82 valence electrons. The van der Waals surface area contributed by atoms with Crippen molar-refractivity contribution in [3.05, 3.63) is 58.6 Å². The Balaban J connectivity index is 2.08. The number of halogens is 2. The molecule has 4 heteroatoms. The van der Waals surface area contributed by atoms with Crippen LogP contribution in [0.5, 0.6) is 0 Å². The Labute approximate surface area is 116 Å². The number of benzene rings is 2. The van der Waals surface area contributed by atoms with Gasteiger partial charge in [-0.1, -0.05) is 0 Å². The molecule has 2 rings (SSSR count). The number of hydrogen-bond donors (Lipinski definition) is 0. The van der Waals surface area contributed by atoms with Crippen molar-refractivity contribution in [2.24, 2.45) is 0 Å². The minimum absolute atomic E-state index is 0.399. The Bertz CT molecular complexity index is 472. The number of rotatable bonds is 3. The third-order valence-electron chi connectivity index (χ3n) is 1.89. The van der Waals surface area contributed by atoms with Crippen molar-refractivity contribution >= 4 is 58.4 Å². The van der Waals surface area contributed by atoms with E-state index in [4.69, 9.17) is 23.2 Å². The van der Waals surface area contributed by atoms with Crippen LogP contribution in [0.15, 0.2) is 48.5 Å². The summed E-state index contributed by atoms with van der Waals surface area (Å²) in [4.78, 5) is 0. The van der Waals surface area contributed by atoms with E-state index in [1.54, 1.807) is 0 Å². The molecule has 0 aliphatic rings. The molecule has 0 unspecified atom stereocenters. The molecule has 0 aromatic heterocycles. The quantitative estimate of drug-likeness (QED) is 0.716. The van der Waals surface area contributed by atoms with Gasteiger partial charge in [0.2, 0.25) is 0 Å². The Morgan fingerprint density at radius 2 is 1.50 bits per heavy atom. The van der Waals surface area contributed by atoms with Gasteiger partial charge in [-0.05, 0) is 0 Å². The van der Waals surface area contributed by atoms with Crippen LogP contribution in [0.2, 0.25) is 10.0 Å². The zero-order valence-electron chi connectivity index (χ0n) is 8.19. The average molecular weight is 381 g/mol. The van der Waals surface area contributed by atoms with Crippen LogP contribution in [0.1, 0.15) is 0 Å². The maximum atomic E-state index is 6.15. The Kier molecular flexibility index (Phi) is 4.78. The van der Waals surface area contributed by atoms with Gasteiger partial charge < -0.3 is 0 Å². The van der Waals surface area contributed by atoms with Gasteiger partial charge in [0.25, 0.3) is 0 Å². The van der Waals surface area contributed by atoms with Crippen molar-refractivity contribution in [1.29, 1.82) is 0 Å². The zero-order valence-corrected chi connectivity index (χ0v) is 13.1. The van der Waals surface area contributed by atoms with Crippen molar-refractivity contribution in [1.82, 2.24) is 0 Å². The SMILES string of the molecule is Clc1cccc([Se][Se]c2ccccc2)c1Cl. The predicted molar refractivity (Wildman–Crippen MR) is 73.7 cm³/mol. The summed E-state index contributed by atoms with van der Waals surface area (Å²) in [6, 6.07) is 16.4. The fourth-order valence-electron chi connectivity index (χ4n) is 1.12. The van der Waals surface area contributed by atoms with E-state index < -0.39 is 0 Å². The standard InChI is InChI=1S/C12H8Cl2Se2/c13-10-7-4-8-11(12(10)14)16-15-9-5-2-1-3-6-9/h1-8H. The van der Waals surface area contributed by atoms with Gasteiger partial charge in [0.1, 0.15) is 0 Å². The van der Waals surface area contributed by atoms with E-state index in [2.05, 4.69) is 30.3 Å². The topological polar surface area (TPSA) is 0 Å². The molecule has 0 radical (unpaired) electrons. The van der Waals surface area contributed by atoms with Crippen molar-refractivity contribution < 1.29 is 0 Å². The minimum atomic E-state index is 0.399. The summed E-state index contributed by atoms with van der Waals surface area (Å²) in [5.41, 5.74) is 0. The van der Waals surface area contributed by atoms with Gasteiger partial charge >= 0.3 is 117 Å². The third kappa shape index (κ3) is 3.27. The molecule has 0 aliphatic heterocycles. The molecule has 0 N–H and O–H groups in total. The molecular formula is C12H8Cl2Se2. The molecule has 0 saturated heterocycles. The van der Waals surface area contributed by atoms with E-state index in [9.17, 15) is 0 Å². The van der Waals surface area contributed by atoms with Crippen LogP contribution in [-0.2, 0) is 0 Å². The molecule has 0 heterocycles. The summed E-state index contributed by atoms with van der Waals surface area (Å²) in [5.74, 6) is 0. The third-order valence-corrected chi connectivity index (χ3v) is 10.2. The second-order valence-corrected chi connectivity index (χ2v) is 10.1. The van der Waals surface area contributed by atoms with E-state index >= 15 is 0 Å². The van der Waals surface area contributed by atoms with E-state index in [0.29, 0.717) is 31.3 Å². The first-order valence-electron chi connectivity index (χ1n) is 4.61. The first-order chi connectivity index (χ1) is 7.77. The fraction of sp³-hybridized carbons (Fsp3) is 0. The molecule has 2 aromatic rings. The number of hydrogen-bond acceptors (Lipinski definition) is 0. The normalized spacial score (nSPS) is 10.4. The van der Waals surface area contributed by atoms with Gasteiger partial charge in [-0.2, -0.15) is 0 Å². The molecule has 16 heavy (non-hydrogen) atoms. The summed E-state index contributed by atoms with van der Waals surface area (Å²) in [5, 5.41) is 1.38. The van der Waals surface area contributed by atoms with Crippen molar-refractivity contribution in [2.75, 3.05) is 0 Å². The van der Waals surface area contributed by atoms with Crippen LogP contribution in [0.4, 0.5) is 0 Å². The van der Waals surface area contributed by atoms with Crippen molar-refractivity contribution in [3.63, 3.8) is 0 Å². The van der Waals surface area contributed by atoms with Crippen LogP contribution in [0, 0.1) is 0 Å². The van der Waals surface area contributed by atoms with Crippen molar-refractivity contribution in [2.45, 2.75) is 0 Å². The Morgan fingerprint density at radius 1 is 0.750 bits per heavy atom. The summed E-state index contributed by atoms with van der Waals surface area (Å²) < 4.78 is 2.61. The molecular weight excluding hydrogens is 373 g/mol. The van der Waals surface area contributed by atoms with Gasteiger partial charge in [0, 0.05) is 0 Å². The second kappa shape index (κ2) is 6.12. The molecule has 0 atom stereocenters. The predicted octanol–water partition coefficient (Wildman–Crippen LogP) is 2.27. The Hall–Kier alpha value is 0.0590. The summed E-state index contributed by atoms with van der Waals surface area (Å²) in [6.45, 7) is 0. The molecule has 0 bridgehead atoms. The van der Waals surface area contributed by atoms with Crippen LogP contribution < -0.4 is 8.92 Å². The van der Waals surface area contributed by atoms with E-state index in [-0.39, 0.29) is 0 Å². The van der Waals surface area contributed by atoms with Crippen LogP contribution in [0.3, 0.4) is 0 Å². The molecule has 0 saturated carbocycles. The molecule has 2 aromatic carbocycles. The first-order valence-corrected chi connectivity index (χ1v) is 11.4. The Morgan fingerprint density at radius 3 is 2.25 bits per heavy atom. The monoisotopic (exact) mass is 382 g/mol. The molecule has 0 spiro atoms. The van der Waals surface area contributed by atoms with Crippen LogP contribution >= 0.6 is 23.2 Å². The van der Waals surface area contributed by atoms with Crippen LogP contribution in [0.25, 0.3) is 0 Å². The van der Waals surface area contributed by atoms with Gasteiger partial charge in [0.15, 0.2) is 0 Å². The molecule has 0 aliphatic carbocycles. The van der Waals surface area contributed by atoms with Crippen LogP contribution in [-0.4, -0.2) is 26.3 Å². The molecule has 0 amide bonds. The van der Waals surface area contributed by atoms with E-state index in [1.165, 1.54) is 8.92 Å². The summed E-state index contributed by atoms with van der Waals surface area (Å²) in [7, 11) is 0. The molecule has 0 nitrogen and oxygen atoms in total. The fourth-order valence-corrected chi connectivity index (χ4v) is 8.66. The van der Waals surface area contributed by atoms with Gasteiger partial charge in [-0.3, -0.25) is 0 Å². The van der Waals surface area contributed by atoms with E-state index in [0.717, 1.165) is 5.02 Å². The van der Waals surface area contributed by atoms with Gasteiger partial charge in [-0.15, -0.1) is 0 Å². The van der Waals surface area contributed by atoms with Crippen molar-refractivity contribution in [3.8, 4) is 0 Å². The van der Waals surface area contributed by atoms with Gasteiger partial charge in [0.05, 0.1) is 0 Å². The first kappa shape index (κ1) is 12.5. The maximum absolute atomic E-state index is 6.15. The summed E-state index contributed by atoms with van der Waals surface area (Å²) in [6.07, 6.45) is 0. The average Bonchev–Trinajstić information content (AvgIpc) is 2.32.